The van der Waals surface area contributed by atoms with Gasteiger partial charge in [-0.1, -0.05) is 49.9 Å². The highest BCUT2D eigenvalue weighted by Crippen LogP contribution is 2.31. The van der Waals surface area contributed by atoms with Gasteiger partial charge in [0.05, 0.1) is 5.56 Å². The molecular weight excluding hydrogens is 413 g/mol. The second kappa shape index (κ2) is 8.67. The third-order valence-corrected chi connectivity index (χ3v) is 6.27. The van der Waals surface area contributed by atoms with Crippen LogP contribution in [0.25, 0.3) is 22.4 Å². The van der Waals surface area contributed by atoms with Crippen molar-refractivity contribution in [3.8, 4) is 11.4 Å². The minimum Gasteiger partial charge on any atom is -0.422 e. The lowest BCUT2D eigenvalue weighted by atomic mass is 10.0. The summed E-state index contributed by atoms with van der Waals surface area (Å²) < 4.78 is 21.8. The molecule has 0 fully saturated rings. The van der Waals surface area contributed by atoms with Gasteiger partial charge in [0.25, 0.3) is 0 Å². The number of nitrogens with zero attached hydrogens (tertiary/aromatic N) is 3. The van der Waals surface area contributed by atoms with Gasteiger partial charge in [-0.2, -0.15) is 0 Å². The Balaban J connectivity index is 1.72. The molecule has 0 radical (unpaired) electrons. The first-order valence-electron chi connectivity index (χ1n) is 10.2. The zero-order valence-corrected chi connectivity index (χ0v) is 18.8. The predicted molar refractivity (Wildman–Crippen MR) is 122 cm³/mol. The Morgan fingerprint density at radius 1 is 1.13 bits per heavy atom. The van der Waals surface area contributed by atoms with Crippen LogP contribution in [0.15, 0.2) is 56.8 Å². The van der Waals surface area contributed by atoms with Gasteiger partial charge in [-0.15, -0.1) is 10.2 Å². The molecule has 0 atom stereocenters. The number of fused-ring (bicyclic) bond motifs is 1. The maximum absolute atomic E-state index is 14.4. The van der Waals surface area contributed by atoms with E-state index >= 15 is 0 Å². The number of hydrogen-bond donors (Lipinski definition) is 0. The molecule has 0 amide bonds. The average Bonchev–Trinajstić information content (AvgIpc) is 3.11. The normalized spacial score (nSPS) is 11.5. The summed E-state index contributed by atoms with van der Waals surface area (Å²) in [6, 6.07) is 12.1. The molecule has 5 nitrogen and oxygen atoms in total. The van der Waals surface area contributed by atoms with E-state index in [2.05, 4.69) is 24.0 Å². The van der Waals surface area contributed by atoms with Crippen molar-refractivity contribution >= 4 is 22.7 Å². The molecule has 0 aliphatic rings. The summed E-state index contributed by atoms with van der Waals surface area (Å²) in [4.78, 5) is 12.2. The predicted octanol–water partition coefficient (Wildman–Crippen LogP) is 5.76. The van der Waals surface area contributed by atoms with E-state index in [1.807, 2.05) is 30.5 Å². The topological polar surface area (TPSA) is 60.9 Å². The quantitative estimate of drug-likeness (QED) is 0.284. The number of halogens is 1. The lowest BCUT2D eigenvalue weighted by Crippen LogP contribution is -2.08. The van der Waals surface area contributed by atoms with Crippen molar-refractivity contribution < 1.29 is 8.81 Å². The first-order chi connectivity index (χ1) is 14.8. The van der Waals surface area contributed by atoms with Crippen LogP contribution in [0.3, 0.4) is 0 Å². The highest BCUT2D eigenvalue weighted by Gasteiger charge is 2.19. The van der Waals surface area contributed by atoms with E-state index in [-0.39, 0.29) is 11.4 Å². The molecule has 0 saturated heterocycles. The van der Waals surface area contributed by atoms with Crippen LogP contribution in [0.4, 0.5) is 4.39 Å². The molecule has 2 aromatic heterocycles. The van der Waals surface area contributed by atoms with E-state index in [0.29, 0.717) is 40.3 Å². The van der Waals surface area contributed by atoms with Gasteiger partial charge in [0.15, 0.2) is 11.0 Å². The van der Waals surface area contributed by atoms with E-state index in [1.165, 1.54) is 23.9 Å². The van der Waals surface area contributed by atoms with Crippen LogP contribution >= 0.6 is 11.8 Å². The van der Waals surface area contributed by atoms with Crippen molar-refractivity contribution in [3.63, 3.8) is 0 Å². The molecule has 0 unspecified atom stereocenters. The Bertz CT molecular complexity index is 1310. The van der Waals surface area contributed by atoms with E-state index in [9.17, 15) is 9.18 Å². The number of rotatable bonds is 6. The fraction of sp³-hybridized carbons (Fsp3) is 0.292. The van der Waals surface area contributed by atoms with Crippen molar-refractivity contribution in [2.75, 3.05) is 0 Å². The van der Waals surface area contributed by atoms with Gasteiger partial charge in [-0.3, -0.25) is 0 Å². The molecule has 160 valence electrons. The molecule has 0 bridgehead atoms. The summed E-state index contributed by atoms with van der Waals surface area (Å²) in [6.07, 6.45) is 0. The third-order valence-electron chi connectivity index (χ3n) is 5.25. The summed E-state index contributed by atoms with van der Waals surface area (Å²) in [6.45, 7) is 8.81. The fourth-order valence-electron chi connectivity index (χ4n) is 3.55. The minimum atomic E-state index is -0.368. The van der Waals surface area contributed by atoms with Gasteiger partial charge in [0, 0.05) is 23.8 Å². The highest BCUT2D eigenvalue weighted by atomic mass is 32.2. The van der Waals surface area contributed by atoms with Crippen molar-refractivity contribution in [2.45, 2.75) is 45.1 Å². The molecule has 0 aliphatic carbocycles. The van der Waals surface area contributed by atoms with E-state index in [1.54, 1.807) is 18.2 Å². The van der Waals surface area contributed by atoms with E-state index in [4.69, 9.17) is 4.42 Å². The van der Waals surface area contributed by atoms with Crippen molar-refractivity contribution in [2.24, 2.45) is 5.92 Å². The third kappa shape index (κ3) is 4.28. The SMILES string of the molecule is Cc1ccc2c(CSc3nnc(-c4ccccc4F)n3CC(C)C)cc(=O)oc2c1C. The lowest BCUT2D eigenvalue weighted by molar-refractivity contribution is 0.496. The smallest absolute Gasteiger partial charge is 0.336 e. The van der Waals surface area contributed by atoms with E-state index in [0.717, 1.165) is 22.1 Å². The van der Waals surface area contributed by atoms with Crippen LogP contribution in [0, 0.1) is 25.6 Å². The zero-order valence-electron chi connectivity index (χ0n) is 18.0. The number of benzene rings is 2. The molecule has 7 heteroatoms. The Morgan fingerprint density at radius 3 is 2.65 bits per heavy atom. The Morgan fingerprint density at radius 2 is 1.90 bits per heavy atom. The highest BCUT2D eigenvalue weighted by molar-refractivity contribution is 7.98. The van der Waals surface area contributed by atoms with Crippen molar-refractivity contribution in [1.29, 1.82) is 0 Å². The summed E-state index contributed by atoms with van der Waals surface area (Å²) in [7, 11) is 0. The Labute approximate surface area is 184 Å². The number of thioether (sulfide) groups is 1. The van der Waals surface area contributed by atoms with Crippen LogP contribution in [0.5, 0.6) is 0 Å². The average molecular weight is 438 g/mol. The summed E-state index contributed by atoms with van der Waals surface area (Å²) in [5, 5.41) is 10.2. The molecule has 2 aromatic carbocycles. The van der Waals surface area contributed by atoms with Crippen LogP contribution in [0.2, 0.25) is 0 Å². The number of aromatic nitrogens is 3. The van der Waals surface area contributed by atoms with Crippen LogP contribution in [0.1, 0.15) is 30.5 Å². The first-order valence-corrected chi connectivity index (χ1v) is 11.2. The monoisotopic (exact) mass is 437 g/mol. The van der Waals surface area contributed by atoms with Gasteiger partial charge < -0.3 is 8.98 Å². The molecular formula is C24H24FN3O2S. The second-order valence-electron chi connectivity index (χ2n) is 8.05. The largest absolute Gasteiger partial charge is 0.422 e. The zero-order chi connectivity index (χ0) is 22.1. The number of aryl methyl sites for hydroxylation is 2. The van der Waals surface area contributed by atoms with Gasteiger partial charge in [-0.05, 0) is 48.6 Å². The molecule has 0 aliphatic heterocycles. The maximum atomic E-state index is 14.4. The second-order valence-corrected chi connectivity index (χ2v) is 9.00. The molecule has 0 spiro atoms. The summed E-state index contributed by atoms with van der Waals surface area (Å²) >= 11 is 1.48. The molecule has 0 N–H and O–H groups in total. The number of hydrogen-bond acceptors (Lipinski definition) is 5. The summed E-state index contributed by atoms with van der Waals surface area (Å²) in [5.41, 5.74) is 3.61. The van der Waals surface area contributed by atoms with Gasteiger partial charge in [-0.25, -0.2) is 9.18 Å². The fourth-order valence-corrected chi connectivity index (χ4v) is 4.49. The Hall–Kier alpha value is -2.93. The van der Waals surface area contributed by atoms with Crippen LogP contribution in [-0.2, 0) is 12.3 Å². The Kier molecular flexibility index (Phi) is 5.96. The standard InChI is InChI=1S/C24H24FN3O2S/c1-14(2)12-28-23(19-7-5-6-8-20(19)25)26-27-24(28)31-13-17-11-21(29)30-22-16(4)15(3)9-10-18(17)22/h5-11,14H,12-13H2,1-4H3. The lowest BCUT2D eigenvalue weighted by Gasteiger charge is -2.13. The van der Waals surface area contributed by atoms with Gasteiger partial charge in [0.1, 0.15) is 11.4 Å². The first kappa shape index (κ1) is 21.3. The van der Waals surface area contributed by atoms with Crippen LogP contribution in [-0.4, -0.2) is 14.8 Å². The van der Waals surface area contributed by atoms with Gasteiger partial charge in [0.2, 0.25) is 0 Å². The summed E-state index contributed by atoms with van der Waals surface area (Å²) in [5.74, 6) is 1.04. The molecule has 31 heavy (non-hydrogen) atoms. The van der Waals surface area contributed by atoms with Crippen LogP contribution < -0.4 is 5.63 Å². The molecule has 0 saturated carbocycles. The maximum Gasteiger partial charge on any atom is 0.336 e. The van der Waals surface area contributed by atoms with Gasteiger partial charge >= 0.3 is 5.63 Å². The molecule has 4 aromatic rings. The van der Waals surface area contributed by atoms with Crippen molar-refractivity contribution in [3.05, 3.63) is 75.4 Å². The van der Waals surface area contributed by atoms with Crippen molar-refractivity contribution in [1.82, 2.24) is 14.8 Å². The minimum absolute atomic E-state index is 0.325. The molecule has 4 rings (SSSR count). The van der Waals surface area contributed by atoms with E-state index < -0.39 is 0 Å². The molecule has 2 heterocycles.